The maximum Gasteiger partial charge on any atom is 0.253 e. The smallest absolute Gasteiger partial charge is 0.253 e. The van der Waals surface area contributed by atoms with Crippen molar-refractivity contribution in [3.05, 3.63) is 70.8 Å². The van der Waals surface area contributed by atoms with Gasteiger partial charge in [-0.05, 0) is 49.4 Å². The number of carbonyl (C=O) groups excluding carboxylic acids is 2. The van der Waals surface area contributed by atoms with Gasteiger partial charge < -0.3 is 9.80 Å². The Kier molecular flexibility index (Phi) is 4.97. The summed E-state index contributed by atoms with van der Waals surface area (Å²) < 4.78 is 0. The molecule has 2 aromatic carbocycles. The first-order valence-corrected chi connectivity index (χ1v) is 9.83. The molecule has 0 radical (unpaired) electrons. The summed E-state index contributed by atoms with van der Waals surface area (Å²) in [5.41, 5.74) is 4.51. The maximum absolute atomic E-state index is 13.0. The summed E-state index contributed by atoms with van der Waals surface area (Å²) in [7, 11) is 0. The second kappa shape index (κ2) is 7.55. The van der Waals surface area contributed by atoms with Crippen LogP contribution in [0.2, 0.25) is 0 Å². The van der Waals surface area contributed by atoms with Crippen molar-refractivity contribution in [3.8, 4) is 0 Å². The van der Waals surface area contributed by atoms with Gasteiger partial charge in [-0.25, -0.2) is 0 Å². The number of likely N-dealkylation sites (tertiary alicyclic amines) is 1. The van der Waals surface area contributed by atoms with E-state index < -0.39 is 0 Å². The summed E-state index contributed by atoms with van der Waals surface area (Å²) in [6, 6.07) is 16.1. The Morgan fingerprint density at radius 3 is 2.22 bits per heavy atom. The number of nitrogens with zero attached hydrogens (tertiary/aromatic N) is 2. The molecular formula is C23H26N2O2. The van der Waals surface area contributed by atoms with Gasteiger partial charge in [0.1, 0.15) is 0 Å². The van der Waals surface area contributed by atoms with Crippen LogP contribution in [-0.4, -0.2) is 41.2 Å². The lowest BCUT2D eigenvalue weighted by molar-refractivity contribution is -0.137. The highest BCUT2D eigenvalue weighted by Gasteiger charge is 2.31. The molecular weight excluding hydrogens is 336 g/mol. The van der Waals surface area contributed by atoms with Crippen LogP contribution in [0.3, 0.4) is 0 Å². The molecule has 2 aliphatic heterocycles. The van der Waals surface area contributed by atoms with E-state index in [-0.39, 0.29) is 17.7 Å². The topological polar surface area (TPSA) is 40.6 Å². The molecule has 27 heavy (non-hydrogen) atoms. The van der Waals surface area contributed by atoms with Gasteiger partial charge in [0.15, 0.2) is 0 Å². The van der Waals surface area contributed by atoms with E-state index in [0.29, 0.717) is 13.1 Å². The number of hydrogen-bond acceptors (Lipinski definition) is 2. The number of amides is 2. The van der Waals surface area contributed by atoms with E-state index in [2.05, 4.69) is 18.2 Å². The molecule has 0 saturated carbocycles. The van der Waals surface area contributed by atoms with Crippen LogP contribution in [0.4, 0.5) is 0 Å². The maximum atomic E-state index is 13.0. The third kappa shape index (κ3) is 3.75. The van der Waals surface area contributed by atoms with E-state index in [4.69, 9.17) is 0 Å². The largest absolute Gasteiger partial charge is 0.339 e. The van der Waals surface area contributed by atoms with E-state index >= 15 is 0 Å². The minimum atomic E-state index is 0.0392. The van der Waals surface area contributed by atoms with Gasteiger partial charge in [0.25, 0.3) is 5.91 Å². The number of benzene rings is 2. The number of carbonyl (C=O) groups is 2. The van der Waals surface area contributed by atoms with Crippen molar-refractivity contribution in [3.63, 3.8) is 0 Å². The molecule has 0 aliphatic carbocycles. The first kappa shape index (κ1) is 17.8. The van der Waals surface area contributed by atoms with Crippen molar-refractivity contribution in [2.75, 3.05) is 19.6 Å². The molecule has 4 rings (SSSR count). The van der Waals surface area contributed by atoms with Gasteiger partial charge in [0.05, 0.1) is 0 Å². The molecule has 0 spiro atoms. The zero-order chi connectivity index (χ0) is 18.8. The van der Waals surface area contributed by atoms with Gasteiger partial charge in [-0.1, -0.05) is 42.0 Å². The van der Waals surface area contributed by atoms with Gasteiger partial charge in [-0.3, -0.25) is 9.59 Å². The van der Waals surface area contributed by atoms with Crippen LogP contribution in [0.15, 0.2) is 48.5 Å². The SMILES string of the molecule is Cc1ccc(C(=O)N2CCC(C(=O)N3CCc4ccccc4C3)CC2)cc1. The van der Waals surface area contributed by atoms with E-state index in [0.717, 1.165) is 43.5 Å². The van der Waals surface area contributed by atoms with E-state index in [1.54, 1.807) is 0 Å². The molecule has 0 bridgehead atoms. The summed E-state index contributed by atoms with van der Waals surface area (Å²) in [5, 5.41) is 0. The number of fused-ring (bicyclic) bond motifs is 1. The minimum Gasteiger partial charge on any atom is -0.339 e. The zero-order valence-corrected chi connectivity index (χ0v) is 15.9. The molecule has 140 valence electrons. The van der Waals surface area contributed by atoms with Crippen LogP contribution in [0.1, 0.15) is 39.9 Å². The number of rotatable bonds is 2. The van der Waals surface area contributed by atoms with E-state index in [1.165, 1.54) is 11.1 Å². The first-order chi connectivity index (χ1) is 13.1. The molecule has 2 aromatic rings. The monoisotopic (exact) mass is 362 g/mol. The number of piperidine rings is 1. The van der Waals surface area contributed by atoms with Crippen LogP contribution in [-0.2, 0) is 17.8 Å². The van der Waals surface area contributed by atoms with Crippen LogP contribution in [0.25, 0.3) is 0 Å². The van der Waals surface area contributed by atoms with Crippen LogP contribution in [0.5, 0.6) is 0 Å². The lowest BCUT2D eigenvalue weighted by Gasteiger charge is -2.36. The highest BCUT2D eigenvalue weighted by Crippen LogP contribution is 2.25. The molecule has 0 N–H and O–H groups in total. The normalized spacial score (nSPS) is 17.5. The Labute approximate surface area is 160 Å². The molecule has 1 fully saturated rings. The van der Waals surface area contributed by atoms with Gasteiger partial charge in [-0.15, -0.1) is 0 Å². The highest BCUT2D eigenvalue weighted by molar-refractivity contribution is 5.94. The van der Waals surface area contributed by atoms with Crippen molar-refractivity contribution >= 4 is 11.8 Å². The predicted molar refractivity (Wildman–Crippen MR) is 105 cm³/mol. The first-order valence-electron chi connectivity index (χ1n) is 9.83. The van der Waals surface area contributed by atoms with Crippen LogP contribution >= 0.6 is 0 Å². The molecule has 2 aliphatic rings. The fraction of sp³-hybridized carbons (Fsp3) is 0.391. The van der Waals surface area contributed by atoms with Crippen molar-refractivity contribution in [1.29, 1.82) is 0 Å². The minimum absolute atomic E-state index is 0.0392. The third-order valence-corrected chi connectivity index (χ3v) is 5.87. The van der Waals surface area contributed by atoms with Crippen molar-refractivity contribution in [1.82, 2.24) is 9.80 Å². The molecule has 0 unspecified atom stereocenters. The summed E-state index contributed by atoms with van der Waals surface area (Å²) in [6.45, 7) is 4.86. The number of hydrogen-bond donors (Lipinski definition) is 0. The molecule has 1 saturated heterocycles. The summed E-state index contributed by atoms with van der Waals surface area (Å²) >= 11 is 0. The highest BCUT2D eigenvalue weighted by atomic mass is 16.2. The van der Waals surface area contributed by atoms with Crippen LogP contribution in [0, 0.1) is 12.8 Å². The Bertz CT molecular complexity index is 836. The average Bonchev–Trinajstić information content (AvgIpc) is 2.73. The van der Waals surface area contributed by atoms with Gasteiger partial charge in [0, 0.05) is 37.7 Å². The van der Waals surface area contributed by atoms with Crippen molar-refractivity contribution < 1.29 is 9.59 Å². The predicted octanol–water partition coefficient (Wildman–Crippen LogP) is 3.43. The Hall–Kier alpha value is -2.62. The van der Waals surface area contributed by atoms with Crippen LogP contribution < -0.4 is 0 Å². The Morgan fingerprint density at radius 1 is 0.852 bits per heavy atom. The Balaban J connectivity index is 1.34. The van der Waals surface area contributed by atoms with Crippen molar-refractivity contribution in [2.45, 2.75) is 32.7 Å². The quantitative estimate of drug-likeness (QED) is 0.821. The van der Waals surface area contributed by atoms with Gasteiger partial charge in [0.2, 0.25) is 5.91 Å². The fourth-order valence-corrected chi connectivity index (χ4v) is 4.15. The molecule has 0 atom stereocenters. The summed E-state index contributed by atoms with van der Waals surface area (Å²) in [4.78, 5) is 29.5. The lowest BCUT2D eigenvalue weighted by Crippen LogP contribution is -2.45. The molecule has 2 amide bonds. The second-order valence-corrected chi connectivity index (χ2v) is 7.71. The van der Waals surface area contributed by atoms with Gasteiger partial charge >= 0.3 is 0 Å². The van der Waals surface area contributed by atoms with Gasteiger partial charge in [-0.2, -0.15) is 0 Å². The van der Waals surface area contributed by atoms with E-state index in [1.807, 2.05) is 47.1 Å². The standard InChI is InChI=1S/C23H26N2O2/c1-17-6-8-19(9-7-17)22(26)24-13-11-20(12-14-24)23(27)25-15-10-18-4-2-3-5-21(18)16-25/h2-9,20H,10-16H2,1H3. The zero-order valence-electron chi connectivity index (χ0n) is 15.9. The van der Waals surface area contributed by atoms with E-state index in [9.17, 15) is 9.59 Å². The molecule has 4 nitrogen and oxygen atoms in total. The summed E-state index contributed by atoms with van der Waals surface area (Å²) in [6.07, 6.45) is 2.45. The number of aryl methyl sites for hydroxylation is 1. The lowest BCUT2D eigenvalue weighted by atomic mass is 9.92. The molecule has 0 aromatic heterocycles. The second-order valence-electron chi connectivity index (χ2n) is 7.71. The fourth-order valence-electron chi connectivity index (χ4n) is 4.15. The summed E-state index contributed by atoms with van der Waals surface area (Å²) in [5.74, 6) is 0.372. The average molecular weight is 362 g/mol. The van der Waals surface area contributed by atoms with Crippen molar-refractivity contribution in [2.24, 2.45) is 5.92 Å². The molecule has 4 heteroatoms. The molecule has 2 heterocycles. The third-order valence-electron chi connectivity index (χ3n) is 5.87. The Morgan fingerprint density at radius 2 is 1.52 bits per heavy atom.